The molecular weight excluding hydrogens is 271 g/mol. The van der Waals surface area contributed by atoms with Crippen LogP contribution in [0.2, 0.25) is 0 Å². The summed E-state index contributed by atoms with van der Waals surface area (Å²) >= 11 is 0. The van der Waals surface area contributed by atoms with Crippen LogP contribution in [0.3, 0.4) is 0 Å². The van der Waals surface area contributed by atoms with Crippen LogP contribution in [-0.4, -0.2) is 35.2 Å². The lowest BCUT2D eigenvalue weighted by Gasteiger charge is -2.22. The number of carboxylic acid groups (broad SMARTS) is 1. The van der Waals surface area contributed by atoms with E-state index in [-0.39, 0.29) is 6.54 Å². The molecule has 0 amide bonds. The molecule has 0 saturated carbocycles. The van der Waals surface area contributed by atoms with Crippen molar-refractivity contribution in [3.05, 3.63) is 35.4 Å². The van der Waals surface area contributed by atoms with Gasteiger partial charge in [-0.25, -0.2) is 0 Å². The van der Waals surface area contributed by atoms with Crippen LogP contribution in [0, 0.1) is 0 Å². The number of hydrogen-bond donors (Lipinski definition) is 1. The predicted octanol–water partition coefficient (Wildman–Crippen LogP) is 3.26. The zero-order valence-corrected chi connectivity index (χ0v) is 11.4. The van der Waals surface area contributed by atoms with Gasteiger partial charge in [0.25, 0.3) is 0 Å². The highest BCUT2D eigenvalue weighted by atomic mass is 19.4. The van der Waals surface area contributed by atoms with E-state index < -0.39 is 25.2 Å². The number of carbonyl (C=O) groups is 1. The SMILES string of the molecule is CC(C)c1ccc(CN(CC(=O)O)CC(F)(F)F)cc1. The molecule has 0 saturated heterocycles. The Hall–Kier alpha value is -1.56. The van der Waals surface area contributed by atoms with E-state index in [0.717, 1.165) is 10.5 Å². The summed E-state index contributed by atoms with van der Waals surface area (Å²) in [7, 11) is 0. The molecule has 0 atom stereocenters. The zero-order valence-electron chi connectivity index (χ0n) is 11.4. The van der Waals surface area contributed by atoms with E-state index in [1.54, 1.807) is 12.1 Å². The predicted molar refractivity (Wildman–Crippen MR) is 69.5 cm³/mol. The highest BCUT2D eigenvalue weighted by Gasteiger charge is 2.31. The van der Waals surface area contributed by atoms with Gasteiger partial charge in [-0.1, -0.05) is 38.1 Å². The summed E-state index contributed by atoms with van der Waals surface area (Å²) in [6.07, 6.45) is -4.41. The number of halogens is 3. The van der Waals surface area contributed by atoms with Gasteiger partial charge < -0.3 is 5.11 Å². The molecule has 0 unspecified atom stereocenters. The van der Waals surface area contributed by atoms with Crippen molar-refractivity contribution in [3.63, 3.8) is 0 Å². The average Bonchev–Trinajstić information content (AvgIpc) is 2.26. The summed E-state index contributed by atoms with van der Waals surface area (Å²) in [5.74, 6) is -0.928. The zero-order chi connectivity index (χ0) is 15.3. The summed E-state index contributed by atoms with van der Waals surface area (Å²) in [5, 5.41) is 8.67. The van der Waals surface area contributed by atoms with Gasteiger partial charge >= 0.3 is 12.1 Å². The van der Waals surface area contributed by atoms with E-state index in [0.29, 0.717) is 11.5 Å². The lowest BCUT2D eigenvalue weighted by Crippen LogP contribution is -2.37. The summed E-state index contributed by atoms with van der Waals surface area (Å²) in [6.45, 7) is 2.14. The lowest BCUT2D eigenvalue weighted by molar-refractivity contribution is -0.154. The first-order valence-electron chi connectivity index (χ1n) is 6.27. The molecule has 6 heteroatoms. The van der Waals surface area contributed by atoms with Crippen LogP contribution in [0.4, 0.5) is 13.2 Å². The van der Waals surface area contributed by atoms with Crippen molar-refractivity contribution in [2.45, 2.75) is 32.5 Å². The van der Waals surface area contributed by atoms with E-state index in [1.807, 2.05) is 26.0 Å². The number of rotatable bonds is 6. The number of benzene rings is 1. The Morgan fingerprint density at radius 2 is 1.80 bits per heavy atom. The van der Waals surface area contributed by atoms with Crippen molar-refractivity contribution in [2.24, 2.45) is 0 Å². The third-order valence-electron chi connectivity index (χ3n) is 2.81. The van der Waals surface area contributed by atoms with Crippen LogP contribution in [-0.2, 0) is 11.3 Å². The maximum Gasteiger partial charge on any atom is 0.401 e. The number of alkyl halides is 3. The minimum atomic E-state index is -4.41. The fourth-order valence-corrected chi connectivity index (χ4v) is 1.88. The van der Waals surface area contributed by atoms with Gasteiger partial charge in [0.1, 0.15) is 0 Å². The fraction of sp³-hybridized carbons (Fsp3) is 0.500. The van der Waals surface area contributed by atoms with E-state index in [1.165, 1.54) is 0 Å². The molecule has 1 aromatic carbocycles. The van der Waals surface area contributed by atoms with Gasteiger partial charge in [0, 0.05) is 6.54 Å². The first-order chi connectivity index (χ1) is 9.17. The average molecular weight is 289 g/mol. The Labute approximate surface area is 116 Å². The van der Waals surface area contributed by atoms with Crippen molar-refractivity contribution in [1.82, 2.24) is 4.90 Å². The van der Waals surface area contributed by atoms with E-state index in [2.05, 4.69) is 0 Å². The molecular formula is C14H18F3NO2. The summed E-state index contributed by atoms with van der Waals surface area (Å²) < 4.78 is 37.2. The van der Waals surface area contributed by atoms with Crippen LogP contribution < -0.4 is 0 Å². The number of carboxylic acids is 1. The second-order valence-corrected chi connectivity index (χ2v) is 5.05. The Morgan fingerprint density at radius 1 is 1.25 bits per heavy atom. The van der Waals surface area contributed by atoms with Crippen molar-refractivity contribution in [1.29, 1.82) is 0 Å². The molecule has 0 bridgehead atoms. The van der Waals surface area contributed by atoms with Crippen LogP contribution in [0.25, 0.3) is 0 Å². The lowest BCUT2D eigenvalue weighted by atomic mass is 10.0. The molecule has 112 valence electrons. The van der Waals surface area contributed by atoms with Crippen molar-refractivity contribution in [2.75, 3.05) is 13.1 Å². The van der Waals surface area contributed by atoms with Gasteiger partial charge in [0.2, 0.25) is 0 Å². The highest BCUT2D eigenvalue weighted by Crippen LogP contribution is 2.19. The molecule has 0 aromatic heterocycles. The normalized spacial score (nSPS) is 12.2. The standard InChI is InChI=1S/C14H18F3NO2/c1-10(2)12-5-3-11(4-6-12)7-18(8-13(19)20)9-14(15,16)17/h3-6,10H,7-9H2,1-2H3,(H,19,20). The van der Waals surface area contributed by atoms with Crippen LogP contribution in [0.15, 0.2) is 24.3 Å². The van der Waals surface area contributed by atoms with Gasteiger partial charge in [-0.05, 0) is 17.0 Å². The molecule has 0 fully saturated rings. The smallest absolute Gasteiger partial charge is 0.401 e. The molecule has 1 aromatic rings. The Bertz CT molecular complexity index is 441. The summed E-state index contributed by atoms with van der Waals surface area (Å²) in [5.41, 5.74) is 1.76. The number of hydrogen-bond acceptors (Lipinski definition) is 2. The van der Waals surface area contributed by atoms with Crippen LogP contribution >= 0.6 is 0 Å². The maximum absolute atomic E-state index is 12.4. The second kappa shape index (κ2) is 6.74. The third kappa shape index (κ3) is 6.06. The molecule has 20 heavy (non-hydrogen) atoms. The highest BCUT2D eigenvalue weighted by molar-refractivity contribution is 5.69. The molecule has 1 N–H and O–H groups in total. The molecule has 0 aliphatic rings. The van der Waals surface area contributed by atoms with Crippen LogP contribution in [0.5, 0.6) is 0 Å². The first kappa shape index (κ1) is 16.5. The Morgan fingerprint density at radius 3 is 2.20 bits per heavy atom. The molecule has 0 aliphatic carbocycles. The Balaban J connectivity index is 2.75. The van der Waals surface area contributed by atoms with Crippen molar-refractivity contribution < 1.29 is 23.1 Å². The second-order valence-electron chi connectivity index (χ2n) is 5.05. The number of nitrogens with zero attached hydrogens (tertiary/aromatic N) is 1. The minimum Gasteiger partial charge on any atom is -0.480 e. The monoisotopic (exact) mass is 289 g/mol. The van der Waals surface area contributed by atoms with Crippen molar-refractivity contribution in [3.8, 4) is 0 Å². The maximum atomic E-state index is 12.4. The molecule has 0 heterocycles. The largest absolute Gasteiger partial charge is 0.480 e. The Kier molecular flexibility index (Phi) is 5.56. The fourth-order valence-electron chi connectivity index (χ4n) is 1.88. The topological polar surface area (TPSA) is 40.5 Å². The molecule has 1 rings (SSSR count). The summed E-state index contributed by atoms with van der Waals surface area (Å²) in [4.78, 5) is 11.5. The quantitative estimate of drug-likeness (QED) is 0.874. The van der Waals surface area contributed by atoms with Gasteiger partial charge in [-0.15, -0.1) is 0 Å². The first-order valence-corrected chi connectivity index (χ1v) is 6.27. The van der Waals surface area contributed by atoms with E-state index in [4.69, 9.17) is 5.11 Å². The molecule has 0 aliphatic heterocycles. The van der Waals surface area contributed by atoms with Gasteiger partial charge in [0.15, 0.2) is 0 Å². The third-order valence-corrected chi connectivity index (χ3v) is 2.81. The van der Waals surface area contributed by atoms with Crippen molar-refractivity contribution >= 4 is 5.97 Å². The van der Waals surface area contributed by atoms with Gasteiger partial charge in [-0.3, -0.25) is 9.69 Å². The number of aliphatic carboxylic acids is 1. The van der Waals surface area contributed by atoms with Crippen LogP contribution in [0.1, 0.15) is 30.9 Å². The van der Waals surface area contributed by atoms with Gasteiger partial charge in [-0.2, -0.15) is 13.2 Å². The van der Waals surface area contributed by atoms with Gasteiger partial charge in [0.05, 0.1) is 13.1 Å². The minimum absolute atomic E-state index is 0.0375. The molecule has 3 nitrogen and oxygen atoms in total. The summed E-state index contributed by atoms with van der Waals surface area (Å²) in [6, 6.07) is 7.18. The molecule has 0 radical (unpaired) electrons. The van der Waals surface area contributed by atoms with E-state index in [9.17, 15) is 18.0 Å². The van der Waals surface area contributed by atoms with E-state index >= 15 is 0 Å². The molecule has 0 spiro atoms.